The molecule has 2 amide bonds. The van der Waals surface area contributed by atoms with Gasteiger partial charge in [-0.15, -0.1) is 0 Å². The van der Waals surface area contributed by atoms with Crippen molar-refractivity contribution in [1.82, 2.24) is 10.3 Å². The first-order chi connectivity index (χ1) is 16.4. The number of benzene rings is 2. The third-order valence-corrected chi connectivity index (χ3v) is 4.98. The van der Waals surface area contributed by atoms with E-state index in [0.29, 0.717) is 28.4 Å². The average molecular weight is 458 g/mol. The molecule has 0 aliphatic heterocycles. The molecule has 3 aromatic rings. The summed E-state index contributed by atoms with van der Waals surface area (Å²) in [7, 11) is 3.02. The van der Waals surface area contributed by atoms with E-state index in [1.165, 1.54) is 14.2 Å². The maximum Gasteiger partial charge on any atom is 0.252 e. The second-order valence-corrected chi connectivity index (χ2v) is 7.83. The number of hydrogen-bond donors (Lipinski definition) is 2. The van der Waals surface area contributed by atoms with E-state index in [2.05, 4.69) is 27.5 Å². The monoisotopic (exact) mass is 457 g/mol. The molecule has 0 fully saturated rings. The highest BCUT2D eigenvalue weighted by molar-refractivity contribution is 6.01. The number of nitrogens with one attached hydrogen (secondary N) is 2. The smallest absolute Gasteiger partial charge is 0.252 e. The van der Waals surface area contributed by atoms with Crippen LogP contribution >= 0.6 is 0 Å². The molecule has 3 rings (SSSR count). The lowest BCUT2D eigenvalue weighted by Crippen LogP contribution is -2.47. The summed E-state index contributed by atoms with van der Waals surface area (Å²) >= 11 is 0. The maximum atomic E-state index is 13.0. The van der Waals surface area contributed by atoms with E-state index in [1.807, 2.05) is 44.2 Å². The van der Waals surface area contributed by atoms with Crippen molar-refractivity contribution >= 4 is 17.5 Å². The van der Waals surface area contributed by atoms with Crippen LogP contribution in [0.3, 0.4) is 0 Å². The summed E-state index contributed by atoms with van der Waals surface area (Å²) in [4.78, 5) is 30.1. The molecule has 0 bridgehead atoms. The highest BCUT2D eigenvalue weighted by Crippen LogP contribution is 2.23. The van der Waals surface area contributed by atoms with Crippen LogP contribution in [0.25, 0.3) is 0 Å². The van der Waals surface area contributed by atoms with Crippen LogP contribution < -0.4 is 20.1 Å². The van der Waals surface area contributed by atoms with E-state index >= 15 is 0 Å². The highest BCUT2D eigenvalue weighted by atomic mass is 16.5. The van der Waals surface area contributed by atoms with E-state index in [9.17, 15) is 9.59 Å². The van der Waals surface area contributed by atoms with Gasteiger partial charge in [-0.05, 0) is 54.3 Å². The number of methoxy groups -OCH3 is 2. The van der Waals surface area contributed by atoms with Crippen molar-refractivity contribution in [3.8, 4) is 23.3 Å². The minimum atomic E-state index is -0.757. The van der Waals surface area contributed by atoms with Crippen LogP contribution in [-0.2, 0) is 4.79 Å². The summed E-state index contributed by atoms with van der Waals surface area (Å²) in [5.74, 6) is 6.13. The number of rotatable bonds is 7. The number of pyridine rings is 1. The van der Waals surface area contributed by atoms with Gasteiger partial charge in [-0.2, -0.15) is 0 Å². The molecular formula is C27H27N3O4. The van der Waals surface area contributed by atoms with Crippen LogP contribution in [0.2, 0.25) is 0 Å². The Morgan fingerprint density at radius 3 is 2.26 bits per heavy atom. The lowest BCUT2D eigenvalue weighted by molar-refractivity contribution is -0.118. The summed E-state index contributed by atoms with van der Waals surface area (Å²) in [5, 5.41) is 5.70. The average Bonchev–Trinajstić information content (AvgIpc) is 2.86. The Hall–Kier alpha value is -4.31. The third kappa shape index (κ3) is 6.59. The van der Waals surface area contributed by atoms with E-state index < -0.39 is 11.9 Å². The van der Waals surface area contributed by atoms with Crippen LogP contribution in [0.5, 0.6) is 11.5 Å². The molecule has 2 aromatic carbocycles. The van der Waals surface area contributed by atoms with Crippen LogP contribution in [-0.4, -0.2) is 37.1 Å². The fourth-order valence-corrected chi connectivity index (χ4v) is 3.17. The molecule has 0 aliphatic rings. The quantitative estimate of drug-likeness (QED) is 0.526. The Labute approximate surface area is 199 Å². The first-order valence-electron chi connectivity index (χ1n) is 10.8. The van der Waals surface area contributed by atoms with Gasteiger partial charge in [-0.25, -0.2) is 4.98 Å². The Kier molecular flexibility index (Phi) is 8.25. The first kappa shape index (κ1) is 24.3. The molecule has 0 aliphatic carbocycles. The van der Waals surface area contributed by atoms with E-state index in [1.54, 1.807) is 36.5 Å². The highest BCUT2D eigenvalue weighted by Gasteiger charge is 2.25. The maximum absolute atomic E-state index is 13.0. The van der Waals surface area contributed by atoms with Crippen LogP contribution in [0, 0.1) is 17.8 Å². The zero-order valence-electron chi connectivity index (χ0n) is 19.6. The molecule has 1 aromatic heterocycles. The van der Waals surface area contributed by atoms with Crippen LogP contribution in [0.1, 0.15) is 35.5 Å². The van der Waals surface area contributed by atoms with E-state index in [-0.39, 0.29) is 11.8 Å². The molecule has 34 heavy (non-hydrogen) atoms. The lowest BCUT2D eigenvalue weighted by atomic mass is 10.0. The second kappa shape index (κ2) is 11.5. The van der Waals surface area contributed by atoms with Crippen molar-refractivity contribution in [3.05, 3.63) is 83.7 Å². The van der Waals surface area contributed by atoms with Gasteiger partial charge in [0, 0.05) is 29.1 Å². The van der Waals surface area contributed by atoms with Crippen molar-refractivity contribution in [2.24, 2.45) is 5.92 Å². The van der Waals surface area contributed by atoms with Gasteiger partial charge in [0.25, 0.3) is 5.91 Å². The Balaban J connectivity index is 1.73. The van der Waals surface area contributed by atoms with Gasteiger partial charge in [0.05, 0.1) is 14.2 Å². The van der Waals surface area contributed by atoms with Crippen LogP contribution in [0.15, 0.2) is 66.9 Å². The summed E-state index contributed by atoms with van der Waals surface area (Å²) in [6.45, 7) is 3.73. The molecule has 2 N–H and O–H groups in total. The first-order valence-corrected chi connectivity index (χ1v) is 10.8. The van der Waals surface area contributed by atoms with Gasteiger partial charge in [0.1, 0.15) is 23.2 Å². The number of carbonyl (C=O) groups excluding carboxylic acids is 2. The number of carbonyl (C=O) groups is 2. The zero-order valence-corrected chi connectivity index (χ0v) is 19.6. The Morgan fingerprint density at radius 1 is 0.912 bits per heavy atom. The molecule has 1 atom stereocenters. The van der Waals surface area contributed by atoms with E-state index in [0.717, 1.165) is 5.56 Å². The SMILES string of the molecule is COc1cc(OC)cc(C(=O)NC(C(=O)Nc2cccc(C#Cc3ccccn3)c2)C(C)C)c1. The van der Waals surface area contributed by atoms with Crippen molar-refractivity contribution in [3.63, 3.8) is 0 Å². The standard InChI is InChI=1S/C27H27N3O4/c1-18(2)25(30-26(31)20-15-23(33-3)17-24(16-20)34-4)27(32)29-22-10-7-8-19(14-22)11-12-21-9-5-6-13-28-21/h5-10,13-18,25H,1-4H3,(H,29,32)(H,30,31). The molecule has 0 radical (unpaired) electrons. The van der Waals surface area contributed by atoms with Crippen molar-refractivity contribution in [1.29, 1.82) is 0 Å². The molecule has 0 saturated heterocycles. The summed E-state index contributed by atoms with van der Waals surface area (Å²) in [5.41, 5.74) is 2.31. The molecule has 0 spiro atoms. The van der Waals surface area contributed by atoms with E-state index in [4.69, 9.17) is 9.47 Å². The second-order valence-electron chi connectivity index (χ2n) is 7.83. The molecule has 1 unspecified atom stereocenters. The predicted molar refractivity (Wildman–Crippen MR) is 131 cm³/mol. The number of amides is 2. The van der Waals surface area contributed by atoms with Gasteiger partial charge in [-0.3, -0.25) is 9.59 Å². The largest absolute Gasteiger partial charge is 0.497 e. The molecular weight excluding hydrogens is 430 g/mol. The fraction of sp³-hybridized carbons (Fsp3) is 0.222. The topological polar surface area (TPSA) is 89.5 Å². The fourth-order valence-electron chi connectivity index (χ4n) is 3.17. The van der Waals surface area contributed by atoms with Crippen LogP contribution in [0.4, 0.5) is 5.69 Å². The van der Waals surface area contributed by atoms with Crippen molar-refractivity contribution in [2.45, 2.75) is 19.9 Å². The number of hydrogen-bond acceptors (Lipinski definition) is 5. The van der Waals surface area contributed by atoms with Gasteiger partial charge < -0.3 is 20.1 Å². The minimum Gasteiger partial charge on any atom is -0.497 e. The third-order valence-electron chi connectivity index (χ3n) is 4.98. The lowest BCUT2D eigenvalue weighted by Gasteiger charge is -2.22. The number of nitrogens with zero attached hydrogens (tertiary/aromatic N) is 1. The predicted octanol–water partition coefficient (Wildman–Crippen LogP) is 3.89. The summed E-state index contributed by atoms with van der Waals surface area (Å²) in [6.07, 6.45) is 1.68. The summed E-state index contributed by atoms with van der Waals surface area (Å²) < 4.78 is 10.5. The number of ether oxygens (including phenoxy) is 2. The molecule has 174 valence electrons. The summed E-state index contributed by atoms with van der Waals surface area (Å²) in [6, 6.07) is 16.8. The number of anilines is 1. The zero-order chi connectivity index (χ0) is 24.5. The number of aromatic nitrogens is 1. The molecule has 7 nitrogen and oxygen atoms in total. The Morgan fingerprint density at radius 2 is 1.65 bits per heavy atom. The van der Waals surface area contributed by atoms with Gasteiger partial charge in [0.15, 0.2) is 0 Å². The van der Waals surface area contributed by atoms with Crippen molar-refractivity contribution < 1.29 is 19.1 Å². The Bertz CT molecular complexity index is 1190. The van der Waals surface area contributed by atoms with Crippen molar-refractivity contribution in [2.75, 3.05) is 19.5 Å². The molecule has 0 saturated carbocycles. The minimum absolute atomic E-state index is 0.149. The molecule has 1 heterocycles. The van der Waals surface area contributed by atoms with Gasteiger partial charge in [0.2, 0.25) is 5.91 Å². The normalized spacial score (nSPS) is 11.1. The van der Waals surface area contributed by atoms with Gasteiger partial charge in [-0.1, -0.05) is 31.9 Å². The molecule has 7 heteroatoms. The van der Waals surface area contributed by atoms with Gasteiger partial charge >= 0.3 is 0 Å².